The zero-order valence-corrected chi connectivity index (χ0v) is 14.7. The van der Waals surface area contributed by atoms with Crippen LogP contribution in [0.4, 0.5) is 5.69 Å². The van der Waals surface area contributed by atoms with Crippen molar-refractivity contribution in [1.82, 2.24) is 0 Å². The van der Waals surface area contributed by atoms with Gasteiger partial charge in [-0.2, -0.15) is 0 Å². The molecule has 0 aromatic heterocycles. The van der Waals surface area contributed by atoms with E-state index in [0.717, 1.165) is 11.1 Å². The van der Waals surface area contributed by atoms with Crippen molar-refractivity contribution in [2.75, 3.05) is 6.61 Å². The number of carbonyl (C=O) groups excluding carboxylic acids is 2. The van der Waals surface area contributed by atoms with Crippen LogP contribution in [0.1, 0.15) is 28.4 Å². The van der Waals surface area contributed by atoms with Gasteiger partial charge in [0.05, 0.1) is 4.92 Å². The maximum Gasteiger partial charge on any atom is 0.344 e. The highest BCUT2D eigenvalue weighted by atomic mass is 16.6. The van der Waals surface area contributed by atoms with Gasteiger partial charge < -0.3 is 9.47 Å². The van der Waals surface area contributed by atoms with Gasteiger partial charge in [-0.3, -0.25) is 14.9 Å². The van der Waals surface area contributed by atoms with Crippen molar-refractivity contribution < 1.29 is 24.0 Å². The molecule has 0 spiro atoms. The molecular weight excluding hydrogens is 338 g/mol. The van der Waals surface area contributed by atoms with Crippen LogP contribution in [0.15, 0.2) is 42.5 Å². The molecule has 0 aliphatic rings. The summed E-state index contributed by atoms with van der Waals surface area (Å²) in [6, 6.07) is 11.2. The first-order valence-electron chi connectivity index (χ1n) is 7.96. The zero-order chi connectivity index (χ0) is 19.3. The number of carbonyl (C=O) groups is 2. The number of nitro benzene ring substituents is 1. The third kappa shape index (κ3) is 4.66. The summed E-state index contributed by atoms with van der Waals surface area (Å²) in [7, 11) is 0. The standard InChI is InChI=1S/C19H19NO6/c1-12-8-9-13(2)15(10-12)19(22)14(3)26-18(21)11-25-17-7-5-4-6-16(17)20(23)24/h4-10,14H,11H2,1-3H3/t14-/m1/s1. The Kier molecular flexibility index (Phi) is 6.06. The van der Waals surface area contributed by atoms with Gasteiger partial charge in [-0.05, 0) is 38.5 Å². The molecule has 0 unspecified atom stereocenters. The van der Waals surface area contributed by atoms with Gasteiger partial charge in [-0.25, -0.2) is 4.79 Å². The van der Waals surface area contributed by atoms with Gasteiger partial charge in [-0.1, -0.05) is 29.8 Å². The highest BCUT2D eigenvalue weighted by molar-refractivity contribution is 6.01. The van der Waals surface area contributed by atoms with Crippen LogP contribution in [0, 0.1) is 24.0 Å². The van der Waals surface area contributed by atoms with Crippen LogP contribution in [0.25, 0.3) is 0 Å². The minimum atomic E-state index is -0.989. The molecule has 0 aliphatic heterocycles. The predicted octanol–water partition coefficient (Wildman–Crippen LogP) is 3.41. The average Bonchev–Trinajstić information content (AvgIpc) is 2.61. The first kappa shape index (κ1) is 19.1. The second-order valence-corrected chi connectivity index (χ2v) is 5.83. The van der Waals surface area contributed by atoms with Gasteiger partial charge in [-0.15, -0.1) is 0 Å². The number of nitrogens with zero attached hydrogens (tertiary/aromatic N) is 1. The molecule has 0 heterocycles. The summed E-state index contributed by atoms with van der Waals surface area (Å²) in [5.74, 6) is -1.14. The van der Waals surface area contributed by atoms with Crippen molar-refractivity contribution in [3.63, 3.8) is 0 Å². The number of nitro groups is 1. The van der Waals surface area contributed by atoms with Crippen LogP contribution < -0.4 is 4.74 Å². The van der Waals surface area contributed by atoms with Crippen LogP contribution in [0.2, 0.25) is 0 Å². The lowest BCUT2D eigenvalue weighted by Crippen LogP contribution is -2.27. The number of ether oxygens (including phenoxy) is 2. The van der Waals surface area contributed by atoms with Gasteiger partial charge in [0.1, 0.15) is 0 Å². The Morgan fingerprint density at radius 2 is 1.85 bits per heavy atom. The quantitative estimate of drug-likeness (QED) is 0.326. The largest absolute Gasteiger partial charge is 0.475 e. The molecule has 2 aromatic rings. The molecule has 0 N–H and O–H groups in total. The fourth-order valence-corrected chi connectivity index (χ4v) is 2.37. The SMILES string of the molecule is Cc1ccc(C)c(C(=O)[C@@H](C)OC(=O)COc2ccccc2[N+](=O)[O-])c1. The van der Waals surface area contributed by atoms with E-state index < -0.39 is 23.6 Å². The Morgan fingerprint density at radius 3 is 2.54 bits per heavy atom. The summed E-state index contributed by atoms with van der Waals surface area (Å²) < 4.78 is 10.3. The molecule has 0 fully saturated rings. The van der Waals surface area contributed by atoms with Crippen molar-refractivity contribution in [1.29, 1.82) is 0 Å². The predicted molar refractivity (Wildman–Crippen MR) is 94.4 cm³/mol. The lowest BCUT2D eigenvalue weighted by atomic mass is 9.99. The van der Waals surface area contributed by atoms with E-state index in [1.165, 1.54) is 25.1 Å². The number of aryl methyl sites for hydroxylation is 2. The van der Waals surface area contributed by atoms with E-state index in [0.29, 0.717) is 5.56 Å². The van der Waals surface area contributed by atoms with Crippen molar-refractivity contribution in [2.45, 2.75) is 26.9 Å². The molecule has 26 heavy (non-hydrogen) atoms. The molecule has 2 rings (SSSR count). The summed E-state index contributed by atoms with van der Waals surface area (Å²) in [6.07, 6.45) is -0.989. The average molecular weight is 357 g/mol. The molecule has 0 amide bonds. The van der Waals surface area contributed by atoms with Gasteiger partial charge in [0.2, 0.25) is 5.78 Å². The van der Waals surface area contributed by atoms with Crippen molar-refractivity contribution in [2.24, 2.45) is 0 Å². The Bertz CT molecular complexity index is 846. The van der Waals surface area contributed by atoms with Gasteiger partial charge in [0.25, 0.3) is 0 Å². The van der Waals surface area contributed by atoms with Gasteiger partial charge >= 0.3 is 11.7 Å². The number of hydrogen-bond donors (Lipinski definition) is 0. The van der Waals surface area contributed by atoms with Gasteiger partial charge in [0.15, 0.2) is 18.5 Å². The third-order valence-corrected chi connectivity index (χ3v) is 3.74. The Morgan fingerprint density at radius 1 is 1.15 bits per heavy atom. The van der Waals surface area contributed by atoms with E-state index in [1.807, 2.05) is 19.1 Å². The van der Waals surface area contributed by atoms with Gasteiger partial charge in [0, 0.05) is 11.6 Å². The molecule has 2 aromatic carbocycles. The normalized spacial score (nSPS) is 11.5. The van der Waals surface area contributed by atoms with Crippen molar-refractivity contribution >= 4 is 17.4 Å². The number of rotatable bonds is 7. The zero-order valence-electron chi connectivity index (χ0n) is 14.7. The molecule has 7 heteroatoms. The Balaban J connectivity index is 1.98. The van der Waals surface area contributed by atoms with E-state index in [2.05, 4.69) is 0 Å². The van der Waals surface area contributed by atoms with Crippen LogP contribution in [0.5, 0.6) is 5.75 Å². The smallest absolute Gasteiger partial charge is 0.344 e. The Hall–Kier alpha value is -3.22. The summed E-state index contributed by atoms with van der Waals surface area (Å²) in [6.45, 7) is 4.62. The second-order valence-electron chi connectivity index (χ2n) is 5.83. The number of hydrogen-bond acceptors (Lipinski definition) is 6. The summed E-state index contributed by atoms with van der Waals surface area (Å²) in [5, 5.41) is 10.9. The summed E-state index contributed by atoms with van der Waals surface area (Å²) >= 11 is 0. The summed E-state index contributed by atoms with van der Waals surface area (Å²) in [4.78, 5) is 34.7. The first-order chi connectivity index (χ1) is 12.3. The molecule has 0 saturated carbocycles. The molecular formula is C19H19NO6. The molecule has 0 radical (unpaired) electrons. The molecule has 136 valence electrons. The van der Waals surface area contributed by atoms with Crippen LogP contribution in [-0.2, 0) is 9.53 Å². The highest BCUT2D eigenvalue weighted by Gasteiger charge is 2.22. The van der Waals surface area contributed by atoms with E-state index in [1.54, 1.807) is 19.1 Å². The highest BCUT2D eigenvalue weighted by Crippen LogP contribution is 2.25. The minimum Gasteiger partial charge on any atom is -0.475 e. The minimum absolute atomic E-state index is 0.0389. The van der Waals surface area contributed by atoms with Crippen molar-refractivity contribution in [3.8, 4) is 5.75 Å². The monoisotopic (exact) mass is 357 g/mol. The number of Topliss-reactive ketones (excluding diaryl/α,β-unsaturated/α-hetero) is 1. The van der Waals surface area contributed by atoms with E-state index in [9.17, 15) is 19.7 Å². The number of para-hydroxylation sites is 2. The van der Waals surface area contributed by atoms with Crippen LogP contribution in [-0.4, -0.2) is 29.4 Å². The van der Waals surface area contributed by atoms with E-state index >= 15 is 0 Å². The topological polar surface area (TPSA) is 95.7 Å². The van der Waals surface area contributed by atoms with Crippen molar-refractivity contribution in [3.05, 3.63) is 69.3 Å². The fourth-order valence-electron chi connectivity index (χ4n) is 2.37. The second kappa shape index (κ2) is 8.24. The maximum absolute atomic E-state index is 12.5. The molecule has 0 bridgehead atoms. The first-order valence-corrected chi connectivity index (χ1v) is 7.96. The maximum atomic E-state index is 12.5. The molecule has 0 saturated heterocycles. The van der Waals surface area contributed by atoms with Crippen LogP contribution in [0.3, 0.4) is 0 Å². The molecule has 1 atom stereocenters. The molecule has 0 aliphatic carbocycles. The molecule has 7 nitrogen and oxygen atoms in total. The lowest BCUT2D eigenvalue weighted by molar-refractivity contribution is -0.385. The van der Waals surface area contributed by atoms with Crippen LogP contribution >= 0.6 is 0 Å². The Labute approximate surface area is 150 Å². The third-order valence-electron chi connectivity index (χ3n) is 3.74. The van der Waals surface area contributed by atoms with E-state index in [-0.39, 0.29) is 17.2 Å². The number of benzene rings is 2. The lowest BCUT2D eigenvalue weighted by Gasteiger charge is -2.14. The fraction of sp³-hybridized carbons (Fsp3) is 0.263. The van der Waals surface area contributed by atoms with E-state index in [4.69, 9.17) is 9.47 Å². The number of esters is 1. The summed E-state index contributed by atoms with van der Waals surface area (Å²) in [5.41, 5.74) is 1.96. The number of ketones is 1.